The zero-order valence-corrected chi connectivity index (χ0v) is 11.7. The summed E-state index contributed by atoms with van der Waals surface area (Å²) in [6.45, 7) is 1.79. The van der Waals surface area contributed by atoms with Crippen molar-refractivity contribution < 1.29 is 14.1 Å². The van der Waals surface area contributed by atoms with Crippen LogP contribution < -0.4 is 10.1 Å². The minimum Gasteiger partial charge on any atom is -0.496 e. The van der Waals surface area contributed by atoms with Gasteiger partial charge in [0.1, 0.15) is 17.3 Å². The molecule has 0 saturated carbocycles. The summed E-state index contributed by atoms with van der Waals surface area (Å²) >= 11 is 0. The van der Waals surface area contributed by atoms with E-state index in [2.05, 4.69) is 5.32 Å². The minimum atomic E-state index is -0.460. The van der Waals surface area contributed by atoms with Gasteiger partial charge in [-0.2, -0.15) is 0 Å². The second kappa shape index (κ2) is 6.21. The normalized spacial score (nSPS) is 11.8. The fraction of sp³-hybridized carbons (Fsp3) is 0.200. The van der Waals surface area contributed by atoms with Crippen LogP contribution in [0.15, 0.2) is 42.5 Å². The number of nitrogens with zero attached hydrogens (tertiary/aromatic N) is 1. The standard InChI is InChI=1S/C15H15FN2O3/c1-10(12-9-11(16)7-8-15(12)21-2)17-13-5-3-4-6-14(13)18(19)20/h3-10,17H,1-2H3/t10-/m0/s1. The number of benzene rings is 2. The zero-order chi connectivity index (χ0) is 15.4. The highest BCUT2D eigenvalue weighted by atomic mass is 19.1. The van der Waals surface area contributed by atoms with Crippen LogP contribution in [-0.4, -0.2) is 12.0 Å². The molecule has 0 aliphatic heterocycles. The van der Waals surface area contributed by atoms with Crippen molar-refractivity contribution in [2.45, 2.75) is 13.0 Å². The third-order valence-corrected chi connectivity index (χ3v) is 3.13. The van der Waals surface area contributed by atoms with E-state index in [1.165, 1.54) is 31.4 Å². The summed E-state index contributed by atoms with van der Waals surface area (Å²) in [4.78, 5) is 10.5. The van der Waals surface area contributed by atoms with Crippen LogP contribution in [-0.2, 0) is 0 Å². The monoisotopic (exact) mass is 290 g/mol. The zero-order valence-electron chi connectivity index (χ0n) is 11.7. The van der Waals surface area contributed by atoms with Gasteiger partial charge in [0, 0.05) is 11.6 Å². The van der Waals surface area contributed by atoms with E-state index in [0.29, 0.717) is 17.0 Å². The van der Waals surface area contributed by atoms with Gasteiger partial charge in [-0.15, -0.1) is 0 Å². The third-order valence-electron chi connectivity index (χ3n) is 3.13. The van der Waals surface area contributed by atoms with Crippen LogP contribution in [0.1, 0.15) is 18.5 Å². The Morgan fingerprint density at radius 2 is 2.00 bits per heavy atom. The average Bonchev–Trinajstić information content (AvgIpc) is 2.47. The highest BCUT2D eigenvalue weighted by molar-refractivity contribution is 5.62. The molecule has 6 heteroatoms. The number of halogens is 1. The van der Waals surface area contributed by atoms with E-state index >= 15 is 0 Å². The Hall–Kier alpha value is -2.63. The summed E-state index contributed by atoms with van der Waals surface area (Å²) in [7, 11) is 1.49. The van der Waals surface area contributed by atoms with Crippen LogP contribution in [0.3, 0.4) is 0 Å². The molecule has 5 nitrogen and oxygen atoms in total. The van der Waals surface area contributed by atoms with Crippen molar-refractivity contribution in [1.82, 2.24) is 0 Å². The maximum absolute atomic E-state index is 13.4. The molecular formula is C15H15FN2O3. The summed E-state index contributed by atoms with van der Waals surface area (Å²) in [6.07, 6.45) is 0. The number of hydrogen-bond acceptors (Lipinski definition) is 4. The molecule has 0 aliphatic rings. The molecular weight excluding hydrogens is 275 g/mol. The summed E-state index contributed by atoms with van der Waals surface area (Å²) in [5.41, 5.74) is 0.941. The maximum Gasteiger partial charge on any atom is 0.292 e. The average molecular weight is 290 g/mol. The Morgan fingerprint density at radius 3 is 2.67 bits per heavy atom. The Balaban J connectivity index is 2.32. The number of methoxy groups -OCH3 is 1. The first-order valence-corrected chi connectivity index (χ1v) is 6.36. The first-order valence-electron chi connectivity index (χ1n) is 6.36. The van der Waals surface area contributed by atoms with Crippen molar-refractivity contribution in [3.63, 3.8) is 0 Å². The van der Waals surface area contributed by atoms with Gasteiger partial charge in [0.25, 0.3) is 5.69 Å². The Labute approximate surface area is 121 Å². The SMILES string of the molecule is COc1ccc(F)cc1[C@H](C)Nc1ccccc1[N+](=O)[O-]. The van der Waals surface area contributed by atoms with Crippen molar-refractivity contribution in [1.29, 1.82) is 0 Å². The number of nitro benzene ring substituents is 1. The van der Waals surface area contributed by atoms with Crippen molar-refractivity contribution in [2.75, 3.05) is 12.4 Å². The predicted molar refractivity (Wildman–Crippen MR) is 78.1 cm³/mol. The van der Waals surface area contributed by atoms with E-state index in [0.717, 1.165) is 0 Å². The molecule has 2 aromatic carbocycles. The highest BCUT2D eigenvalue weighted by Gasteiger charge is 2.17. The number of nitro groups is 1. The van der Waals surface area contributed by atoms with E-state index < -0.39 is 4.92 Å². The topological polar surface area (TPSA) is 64.4 Å². The molecule has 21 heavy (non-hydrogen) atoms. The largest absolute Gasteiger partial charge is 0.496 e. The summed E-state index contributed by atoms with van der Waals surface area (Å²) in [5, 5.41) is 14.0. The number of ether oxygens (including phenoxy) is 1. The molecule has 0 aromatic heterocycles. The fourth-order valence-corrected chi connectivity index (χ4v) is 2.11. The molecule has 2 aromatic rings. The van der Waals surface area contributed by atoms with Crippen molar-refractivity contribution in [2.24, 2.45) is 0 Å². The molecule has 2 rings (SSSR count). The van der Waals surface area contributed by atoms with Crippen LogP contribution >= 0.6 is 0 Å². The molecule has 0 radical (unpaired) electrons. The molecule has 0 spiro atoms. The van der Waals surface area contributed by atoms with Crippen molar-refractivity contribution >= 4 is 11.4 Å². The van der Waals surface area contributed by atoms with Gasteiger partial charge in [-0.25, -0.2) is 4.39 Å². The van der Waals surface area contributed by atoms with Crippen LogP contribution in [0, 0.1) is 15.9 Å². The molecule has 1 N–H and O–H groups in total. The van der Waals surface area contributed by atoms with E-state index in [-0.39, 0.29) is 17.5 Å². The van der Waals surface area contributed by atoms with E-state index in [4.69, 9.17) is 4.74 Å². The van der Waals surface area contributed by atoms with Gasteiger partial charge in [0.15, 0.2) is 0 Å². The molecule has 0 fully saturated rings. The van der Waals surface area contributed by atoms with Gasteiger partial charge in [-0.05, 0) is 31.2 Å². The Bertz CT molecular complexity index is 661. The summed E-state index contributed by atoms with van der Waals surface area (Å²) < 4.78 is 18.6. The third kappa shape index (κ3) is 3.28. The van der Waals surface area contributed by atoms with E-state index in [9.17, 15) is 14.5 Å². The van der Waals surface area contributed by atoms with Crippen LogP contribution in [0.5, 0.6) is 5.75 Å². The van der Waals surface area contributed by atoms with Gasteiger partial charge in [-0.3, -0.25) is 10.1 Å². The minimum absolute atomic E-state index is 0.0280. The number of para-hydroxylation sites is 2. The smallest absolute Gasteiger partial charge is 0.292 e. The van der Waals surface area contributed by atoms with Crippen LogP contribution in [0.25, 0.3) is 0 Å². The number of nitrogens with one attached hydrogen (secondary N) is 1. The molecule has 1 atom stereocenters. The first-order chi connectivity index (χ1) is 10.0. The molecule has 0 unspecified atom stereocenters. The number of hydrogen-bond donors (Lipinski definition) is 1. The lowest BCUT2D eigenvalue weighted by molar-refractivity contribution is -0.384. The lowest BCUT2D eigenvalue weighted by Crippen LogP contribution is -2.10. The van der Waals surface area contributed by atoms with Crippen molar-refractivity contribution in [3.05, 3.63) is 64.0 Å². The summed E-state index contributed by atoms with van der Waals surface area (Å²) in [5.74, 6) is 0.136. The lowest BCUT2D eigenvalue weighted by atomic mass is 10.1. The van der Waals surface area contributed by atoms with Gasteiger partial charge in [0.05, 0.1) is 18.1 Å². The molecule has 0 aliphatic carbocycles. The van der Waals surface area contributed by atoms with Gasteiger partial charge in [0.2, 0.25) is 0 Å². The molecule has 0 saturated heterocycles. The second-order valence-electron chi connectivity index (χ2n) is 4.53. The number of rotatable bonds is 5. The van der Waals surface area contributed by atoms with Crippen LogP contribution in [0.2, 0.25) is 0 Å². The molecule has 0 heterocycles. The molecule has 0 bridgehead atoms. The van der Waals surface area contributed by atoms with Gasteiger partial charge >= 0.3 is 0 Å². The second-order valence-corrected chi connectivity index (χ2v) is 4.53. The van der Waals surface area contributed by atoms with Crippen LogP contribution in [0.4, 0.5) is 15.8 Å². The Kier molecular flexibility index (Phi) is 4.37. The summed E-state index contributed by atoms with van der Waals surface area (Å²) in [6, 6.07) is 10.2. The number of anilines is 1. The highest BCUT2D eigenvalue weighted by Crippen LogP contribution is 2.31. The van der Waals surface area contributed by atoms with Crippen molar-refractivity contribution in [3.8, 4) is 5.75 Å². The Morgan fingerprint density at radius 1 is 1.29 bits per heavy atom. The van der Waals surface area contributed by atoms with E-state index in [1.54, 1.807) is 25.1 Å². The quantitative estimate of drug-likeness (QED) is 0.669. The first kappa shape index (κ1) is 14.8. The predicted octanol–water partition coefficient (Wildman–Crippen LogP) is 3.92. The van der Waals surface area contributed by atoms with E-state index in [1.807, 2.05) is 0 Å². The van der Waals surface area contributed by atoms with Gasteiger partial charge < -0.3 is 10.1 Å². The molecule has 0 amide bonds. The fourth-order valence-electron chi connectivity index (χ4n) is 2.11. The lowest BCUT2D eigenvalue weighted by Gasteiger charge is -2.18. The maximum atomic E-state index is 13.4. The molecule has 110 valence electrons. The van der Waals surface area contributed by atoms with Gasteiger partial charge in [-0.1, -0.05) is 12.1 Å².